The molecule has 0 saturated heterocycles. The van der Waals surface area contributed by atoms with Crippen LogP contribution in [0.15, 0.2) is 23.2 Å². The number of guanidine groups is 1. The third kappa shape index (κ3) is 5.45. The molecule has 2 aromatic rings. The number of hydrogen-bond acceptors (Lipinski definition) is 4. The third-order valence-electron chi connectivity index (χ3n) is 3.82. The lowest BCUT2D eigenvalue weighted by atomic mass is 10.1. The first-order valence-electron chi connectivity index (χ1n) is 8.18. The van der Waals surface area contributed by atoms with E-state index in [1.165, 1.54) is 6.07 Å². The zero-order chi connectivity index (χ0) is 18.2. The van der Waals surface area contributed by atoms with Gasteiger partial charge in [-0.3, -0.25) is 0 Å². The Morgan fingerprint density at radius 2 is 2.08 bits per heavy atom. The summed E-state index contributed by atoms with van der Waals surface area (Å²) in [6.07, 6.45) is 2.01. The molecule has 6 nitrogen and oxygen atoms in total. The number of nitrogens with one attached hydrogen (secondary N) is 2. The van der Waals surface area contributed by atoms with Crippen LogP contribution in [0.3, 0.4) is 0 Å². The van der Waals surface area contributed by atoms with Crippen LogP contribution in [0.4, 0.5) is 4.39 Å². The van der Waals surface area contributed by atoms with Crippen LogP contribution in [0.2, 0.25) is 0 Å². The molecule has 136 valence electrons. The summed E-state index contributed by atoms with van der Waals surface area (Å²) in [6, 6.07) is 4.88. The zero-order valence-electron chi connectivity index (χ0n) is 15.1. The number of nitrogens with zero attached hydrogens (tertiary/aromatic N) is 4. The van der Waals surface area contributed by atoms with Gasteiger partial charge in [0.05, 0.1) is 13.1 Å². The van der Waals surface area contributed by atoms with Crippen molar-refractivity contribution in [3.8, 4) is 0 Å². The Bertz CT molecular complexity index is 728. The summed E-state index contributed by atoms with van der Waals surface area (Å²) in [4.78, 5) is 4.61. The quantitative estimate of drug-likeness (QED) is 0.583. The van der Waals surface area contributed by atoms with Crippen LogP contribution < -0.4 is 10.6 Å². The van der Waals surface area contributed by atoms with Crippen molar-refractivity contribution >= 4 is 17.7 Å². The van der Waals surface area contributed by atoms with E-state index in [1.54, 1.807) is 23.9 Å². The summed E-state index contributed by atoms with van der Waals surface area (Å²) in [7, 11) is 1.93. The van der Waals surface area contributed by atoms with Gasteiger partial charge in [0.15, 0.2) is 11.8 Å². The molecule has 1 heterocycles. The number of rotatable bonds is 7. The second kappa shape index (κ2) is 9.41. The molecule has 8 heteroatoms. The Balaban J connectivity index is 2.07. The molecule has 0 unspecified atom stereocenters. The average molecular weight is 364 g/mol. The van der Waals surface area contributed by atoms with E-state index in [0.29, 0.717) is 19.0 Å². The molecule has 0 saturated carbocycles. The van der Waals surface area contributed by atoms with E-state index in [2.05, 4.69) is 25.8 Å². The number of halogens is 1. The standard InChI is InChI=1S/C17H25FN6S/c1-5-19-17(21-10-16-23-22-12(2)24(16)3)20-9-13-6-7-15(18)8-14(13)11-25-4/h6-8H,5,9-11H2,1-4H3,(H2,19,20,21). The van der Waals surface area contributed by atoms with Gasteiger partial charge >= 0.3 is 0 Å². The maximum absolute atomic E-state index is 13.5. The highest BCUT2D eigenvalue weighted by Gasteiger charge is 2.07. The molecular weight excluding hydrogens is 339 g/mol. The molecule has 25 heavy (non-hydrogen) atoms. The molecule has 0 fully saturated rings. The second-order valence-electron chi connectivity index (χ2n) is 5.62. The summed E-state index contributed by atoms with van der Waals surface area (Å²) in [5, 5.41) is 14.7. The predicted molar refractivity (Wildman–Crippen MR) is 101 cm³/mol. The van der Waals surface area contributed by atoms with Crippen LogP contribution >= 0.6 is 11.8 Å². The molecule has 0 aliphatic carbocycles. The van der Waals surface area contributed by atoms with Gasteiger partial charge in [0, 0.05) is 19.3 Å². The molecular formula is C17H25FN6S. The Labute approximate surface area is 152 Å². The van der Waals surface area contributed by atoms with Gasteiger partial charge in [-0.25, -0.2) is 9.38 Å². The van der Waals surface area contributed by atoms with E-state index in [-0.39, 0.29) is 5.82 Å². The van der Waals surface area contributed by atoms with Crippen molar-refractivity contribution in [2.75, 3.05) is 12.8 Å². The maximum Gasteiger partial charge on any atom is 0.191 e. The van der Waals surface area contributed by atoms with Crippen LogP contribution in [0.5, 0.6) is 0 Å². The predicted octanol–water partition coefficient (Wildman–Crippen LogP) is 2.38. The molecule has 1 aromatic carbocycles. The molecule has 1 aromatic heterocycles. The van der Waals surface area contributed by atoms with Crippen LogP contribution in [0.25, 0.3) is 0 Å². The van der Waals surface area contributed by atoms with Crippen molar-refractivity contribution in [1.29, 1.82) is 0 Å². The number of aryl methyl sites for hydroxylation is 1. The van der Waals surface area contributed by atoms with Gasteiger partial charge in [-0.05, 0) is 43.4 Å². The van der Waals surface area contributed by atoms with Gasteiger partial charge in [-0.15, -0.1) is 10.2 Å². The summed E-state index contributed by atoms with van der Waals surface area (Å²) in [5.41, 5.74) is 2.01. The number of hydrogen-bond donors (Lipinski definition) is 2. The molecule has 0 atom stereocenters. The lowest BCUT2D eigenvalue weighted by molar-refractivity contribution is 0.625. The van der Waals surface area contributed by atoms with E-state index in [0.717, 1.165) is 35.1 Å². The highest BCUT2D eigenvalue weighted by Crippen LogP contribution is 2.17. The Morgan fingerprint density at radius 1 is 1.28 bits per heavy atom. The molecule has 0 aliphatic heterocycles. The third-order valence-corrected chi connectivity index (χ3v) is 4.42. The van der Waals surface area contributed by atoms with Crippen LogP contribution in [0.1, 0.15) is 29.7 Å². The smallest absolute Gasteiger partial charge is 0.191 e. The van der Waals surface area contributed by atoms with Gasteiger partial charge in [0.25, 0.3) is 0 Å². The lowest BCUT2D eigenvalue weighted by Crippen LogP contribution is -2.37. The topological polar surface area (TPSA) is 67.1 Å². The highest BCUT2D eigenvalue weighted by molar-refractivity contribution is 7.97. The van der Waals surface area contributed by atoms with Crippen molar-refractivity contribution in [1.82, 2.24) is 25.4 Å². The SMILES string of the molecule is CCNC(=NCc1ccc(F)cc1CSC)NCc1nnc(C)n1C. The van der Waals surface area contributed by atoms with E-state index in [9.17, 15) is 4.39 Å². The molecule has 0 spiro atoms. The van der Waals surface area contributed by atoms with Gasteiger partial charge in [0.1, 0.15) is 11.6 Å². The Kier molecular flexibility index (Phi) is 7.24. The number of aliphatic imine (C=N–C) groups is 1. The fourth-order valence-corrected chi connectivity index (χ4v) is 2.89. The summed E-state index contributed by atoms with van der Waals surface area (Å²) >= 11 is 1.67. The second-order valence-corrected chi connectivity index (χ2v) is 6.48. The lowest BCUT2D eigenvalue weighted by Gasteiger charge is -2.12. The molecule has 0 bridgehead atoms. The average Bonchev–Trinajstić information content (AvgIpc) is 2.91. The fourth-order valence-electron chi connectivity index (χ4n) is 2.31. The van der Waals surface area contributed by atoms with Crippen LogP contribution in [0, 0.1) is 12.7 Å². The number of benzene rings is 1. The van der Waals surface area contributed by atoms with Crippen LogP contribution in [-0.2, 0) is 25.9 Å². The largest absolute Gasteiger partial charge is 0.357 e. The summed E-state index contributed by atoms with van der Waals surface area (Å²) < 4.78 is 15.4. The first kappa shape index (κ1) is 19.2. The molecule has 2 rings (SSSR count). The summed E-state index contributed by atoms with van der Waals surface area (Å²) in [6.45, 7) is 5.71. The van der Waals surface area contributed by atoms with Gasteiger partial charge < -0.3 is 15.2 Å². The summed E-state index contributed by atoms with van der Waals surface area (Å²) in [5.74, 6) is 2.96. The maximum atomic E-state index is 13.5. The fraction of sp³-hybridized carbons (Fsp3) is 0.471. The van der Waals surface area contributed by atoms with Crippen molar-refractivity contribution in [3.05, 3.63) is 46.8 Å². The van der Waals surface area contributed by atoms with Gasteiger partial charge in [-0.1, -0.05) is 6.07 Å². The highest BCUT2D eigenvalue weighted by atomic mass is 32.2. The first-order chi connectivity index (χ1) is 12.0. The normalized spacial score (nSPS) is 11.6. The number of aromatic nitrogens is 3. The van der Waals surface area contributed by atoms with Crippen molar-refractivity contribution in [2.45, 2.75) is 32.7 Å². The minimum atomic E-state index is -0.209. The van der Waals surface area contributed by atoms with Gasteiger partial charge in [0.2, 0.25) is 0 Å². The molecule has 0 amide bonds. The monoisotopic (exact) mass is 364 g/mol. The Morgan fingerprint density at radius 3 is 2.72 bits per heavy atom. The molecule has 2 N–H and O–H groups in total. The minimum Gasteiger partial charge on any atom is -0.357 e. The van der Waals surface area contributed by atoms with Gasteiger partial charge in [-0.2, -0.15) is 11.8 Å². The van der Waals surface area contributed by atoms with Crippen molar-refractivity contribution in [2.24, 2.45) is 12.0 Å². The van der Waals surface area contributed by atoms with Crippen molar-refractivity contribution in [3.63, 3.8) is 0 Å². The van der Waals surface area contributed by atoms with E-state index in [1.807, 2.05) is 31.7 Å². The van der Waals surface area contributed by atoms with E-state index < -0.39 is 0 Å². The zero-order valence-corrected chi connectivity index (χ0v) is 16.0. The minimum absolute atomic E-state index is 0.209. The van der Waals surface area contributed by atoms with Crippen LogP contribution in [-0.4, -0.2) is 33.5 Å². The Hall–Kier alpha value is -2.09. The molecule has 0 radical (unpaired) electrons. The number of thioether (sulfide) groups is 1. The van der Waals surface area contributed by atoms with Crippen molar-refractivity contribution < 1.29 is 4.39 Å². The van der Waals surface area contributed by atoms with E-state index in [4.69, 9.17) is 0 Å². The molecule has 0 aliphatic rings. The van der Waals surface area contributed by atoms with E-state index >= 15 is 0 Å². The first-order valence-corrected chi connectivity index (χ1v) is 9.57.